The van der Waals surface area contributed by atoms with Gasteiger partial charge in [-0.2, -0.15) is 0 Å². The van der Waals surface area contributed by atoms with Crippen molar-refractivity contribution in [2.24, 2.45) is 11.8 Å². The van der Waals surface area contributed by atoms with Gasteiger partial charge in [0.2, 0.25) is 5.91 Å². The monoisotopic (exact) mass is 431 g/mol. The number of likely N-dealkylation sites (N-methyl/N-ethyl adjacent to an activating group) is 2. The van der Waals surface area contributed by atoms with Gasteiger partial charge in [0.05, 0.1) is 11.7 Å². The first-order valence-corrected chi connectivity index (χ1v) is 11.4. The standard InChI is InChI=1S/C24H37N3O4/c1-16-13-26(3)17(2)15-31-21-11-10-19(25-23(28)18-8-6-7-9-18)12-20(21)24(29)27(4)14-22(16)30-5/h10-12,16-18,22H,6-9,13-15H2,1-5H3,(H,25,28)/t16-,17+,22+/m0/s1. The zero-order chi connectivity index (χ0) is 22.5. The fraction of sp³-hybridized carbons (Fsp3) is 0.667. The van der Waals surface area contributed by atoms with Crippen LogP contribution < -0.4 is 10.1 Å². The molecule has 1 aliphatic carbocycles. The van der Waals surface area contributed by atoms with Crippen LogP contribution in [0.1, 0.15) is 49.9 Å². The van der Waals surface area contributed by atoms with E-state index in [2.05, 4.69) is 31.1 Å². The van der Waals surface area contributed by atoms with Crippen molar-refractivity contribution in [3.8, 4) is 5.75 Å². The summed E-state index contributed by atoms with van der Waals surface area (Å²) in [6, 6.07) is 5.54. The van der Waals surface area contributed by atoms with Crippen molar-refractivity contribution in [3.63, 3.8) is 0 Å². The highest BCUT2D eigenvalue weighted by molar-refractivity contribution is 5.99. The summed E-state index contributed by atoms with van der Waals surface area (Å²) >= 11 is 0. The number of fused-ring (bicyclic) bond motifs is 1. The number of benzene rings is 1. The van der Waals surface area contributed by atoms with Gasteiger partial charge < -0.3 is 19.7 Å². The van der Waals surface area contributed by atoms with E-state index >= 15 is 0 Å². The molecule has 0 unspecified atom stereocenters. The summed E-state index contributed by atoms with van der Waals surface area (Å²) in [4.78, 5) is 29.8. The Labute approximate surface area is 186 Å². The van der Waals surface area contributed by atoms with Crippen LogP contribution in [0, 0.1) is 11.8 Å². The van der Waals surface area contributed by atoms with E-state index in [1.54, 1.807) is 31.2 Å². The minimum Gasteiger partial charge on any atom is -0.491 e. The third-order valence-corrected chi connectivity index (χ3v) is 6.75. The smallest absolute Gasteiger partial charge is 0.257 e. The Balaban J connectivity index is 1.87. The molecule has 3 atom stereocenters. The van der Waals surface area contributed by atoms with E-state index in [1.165, 1.54) is 0 Å². The second-order valence-electron chi connectivity index (χ2n) is 9.22. The molecule has 1 N–H and O–H groups in total. The SMILES string of the molecule is CO[C@@H]1CN(C)C(=O)c2cc(NC(=O)C3CCCC3)ccc2OC[C@@H](C)N(C)C[C@@H]1C. The van der Waals surface area contributed by atoms with Crippen LogP contribution in [0.5, 0.6) is 5.75 Å². The first kappa shape index (κ1) is 23.5. The van der Waals surface area contributed by atoms with E-state index in [0.717, 1.165) is 32.2 Å². The van der Waals surface area contributed by atoms with Gasteiger partial charge in [0.15, 0.2) is 0 Å². The van der Waals surface area contributed by atoms with Crippen molar-refractivity contribution >= 4 is 17.5 Å². The highest BCUT2D eigenvalue weighted by atomic mass is 16.5. The van der Waals surface area contributed by atoms with Crippen LogP contribution in [0.2, 0.25) is 0 Å². The summed E-state index contributed by atoms with van der Waals surface area (Å²) in [5, 5.41) is 3.00. The molecule has 1 aromatic rings. The number of amides is 2. The molecule has 0 bridgehead atoms. The van der Waals surface area contributed by atoms with Gasteiger partial charge in [-0.15, -0.1) is 0 Å². The van der Waals surface area contributed by atoms with Crippen molar-refractivity contribution < 1.29 is 19.1 Å². The summed E-state index contributed by atoms with van der Waals surface area (Å²) in [5.74, 6) is 0.761. The lowest BCUT2D eigenvalue weighted by molar-refractivity contribution is -0.119. The molecule has 0 radical (unpaired) electrons. The minimum atomic E-state index is -0.136. The number of carbonyl (C=O) groups is 2. The molecular formula is C24H37N3O4. The zero-order valence-corrected chi connectivity index (χ0v) is 19.5. The van der Waals surface area contributed by atoms with E-state index < -0.39 is 0 Å². The largest absolute Gasteiger partial charge is 0.491 e. The molecule has 31 heavy (non-hydrogen) atoms. The normalized spacial score (nSPS) is 26.5. The number of ether oxygens (including phenoxy) is 2. The van der Waals surface area contributed by atoms with Gasteiger partial charge in [-0.1, -0.05) is 19.8 Å². The van der Waals surface area contributed by atoms with Gasteiger partial charge in [0.1, 0.15) is 12.4 Å². The lowest BCUT2D eigenvalue weighted by atomic mass is 10.0. The molecule has 7 nitrogen and oxygen atoms in total. The molecule has 172 valence electrons. The van der Waals surface area contributed by atoms with Crippen LogP contribution in [0.25, 0.3) is 0 Å². The predicted octanol–water partition coefficient (Wildman–Crippen LogP) is 3.25. The fourth-order valence-corrected chi connectivity index (χ4v) is 4.47. The van der Waals surface area contributed by atoms with Gasteiger partial charge in [-0.25, -0.2) is 0 Å². The molecule has 1 fully saturated rings. The van der Waals surface area contributed by atoms with Crippen LogP contribution in [0.4, 0.5) is 5.69 Å². The number of nitrogens with zero attached hydrogens (tertiary/aromatic N) is 2. The number of carbonyl (C=O) groups excluding carboxylic acids is 2. The first-order valence-electron chi connectivity index (χ1n) is 11.4. The quantitative estimate of drug-likeness (QED) is 0.796. The summed E-state index contributed by atoms with van der Waals surface area (Å²) in [5.41, 5.74) is 1.10. The van der Waals surface area contributed by atoms with E-state index in [-0.39, 0.29) is 35.8 Å². The van der Waals surface area contributed by atoms with E-state index in [0.29, 0.717) is 30.2 Å². The average molecular weight is 432 g/mol. The molecule has 7 heteroatoms. The molecule has 1 aliphatic heterocycles. The molecular weight excluding hydrogens is 394 g/mol. The van der Waals surface area contributed by atoms with Gasteiger partial charge in [0, 0.05) is 44.9 Å². The third kappa shape index (κ3) is 5.77. The molecule has 3 rings (SSSR count). The van der Waals surface area contributed by atoms with Crippen LogP contribution in [-0.4, -0.2) is 74.7 Å². The maximum atomic E-state index is 13.3. The second kappa shape index (κ2) is 10.5. The summed E-state index contributed by atoms with van der Waals surface area (Å²) in [6.07, 6.45) is 4.00. The van der Waals surface area contributed by atoms with Crippen molar-refractivity contribution in [1.82, 2.24) is 9.80 Å². The number of hydrogen-bond donors (Lipinski definition) is 1. The summed E-state index contributed by atoms with van der Waals surface area (Å²) < 4.78 is 11.8. The zero-order valence-electron chi connectivity index (χ0n) is 19.5. The Morgan fingerprint density at radius 2 is 1.87 bits per heavy atom. The summed E-state index contributed by atoms with van der Waals surface area (Å²) in [7, 11) is 5.57. The maximum absolute atomic E-state index is 13.3. The molecule has 1 aromatic carbocycles. The Morgan fingerprint density at radius 3 is 2.55 bits per heavy atom. The average Bonchev–Trinajstić information content (AvgIpc) is 3.29. The number of anilines is 1. The van der Waals surface area contributed by atoms with Crippen molar-refractivity contribution in [1.29, 1.82) is 0 Å². The van der Waals surface area contributed by atoms with Gasteiger partial charge in [0.25, 0.3) is 5.91 Å². The van der Waals surface area contributed by atoms with Crippen molar-refractivity contribution in [3.05, 3.63) is 23.8 Å². The van der Waals surface area contributed by atoms with E-state index in [9.17, 15) is 9.59 Å². The van der Waals surface area contributed by atoms with Gasteiger partial charge in [-0.3, -0.25) is 14.5 Å². The topological polar surface area (TPSA) is 71.1 Å². The summed E-state index contributed by atoms with van der Waals surface area (Å²) in [6.45, 7) is 6.07. The molecule has 0 spiro atoms. The first-order chi connectivity index (χ1) is 14.8. The number of hydrogen-bond acceptors (Lipinski definition) is 5. The van der Waals surface area contributed by atoms with E-state index in [4.69, 9.17) is 9.47 Å². The van der Waals surface area contributed by atoms with Crippen LogP contribution in [-0.2, 0) is 9.53 Å². The third-order valence-electron chi connectivity index (χ3n) is 6.75. The second-order valence-corrected chi connectivity index (χ2v) is 9.22. The maximum Gasteiger partial charge on any atom is 0.257 e. The predicted molar refractivity (Wildman–Crippen MR) is 122 cm³/mol. The fourth-order valence-electron chi connectivity index (χ4n) is 4.47. The molecule has 2 amide bonds. The molecule has 1 saturated carbocycles. The number of rotatable bonds is 3. The Bertz CT molecular complexity index is 778. The highest BCUT2D eigenvalue weighted by Crippen LogP contribution is 2.29. The van der Waals surface area contributed by atoms with Crippen molar-refractivity contribution in [2.75, 3.05) is 46.2 Å². The Morgan fingerprint density at radius 1 is 1.16 bits per heavy atom. The molecule has 0 aromatic heterocycles. The van der Waals surface area contributed by atoms with Gasteiger partial charge in [-0.05, 0) is 50.9 Å². The highest BCUT2D eigenvalue weighted by Gasteiger charge is 2.28. The molecule has 2 aliphatic rings. The van der Waals surface area contributed by atoms with Crippen LogP contribution >= 0.6 is 0 Å². The minimum absolute atomic E-state index is 0.0378. The Hall–Kier alpha value is -2.12. The lowest BCUT2D eigenvalue weighted by Gasteiger charge is -2.34. The van der Waals surface area contributed by atoms with Gasteiger partial charge >= 0.3 is 0 Å². The molecule has 0 saturated heterocycles. The number of methoxy groups -OCH3 is 1. The molecule has 1 heterocycles. The Kier molecular flexibility index (Phi) is 7.94. The van der Waals surface area contributed by atoms with E-state index in [1.807, 2.05) is 6.07 Å². The van der Waals surface area contributed by atoms with Crippen LogP contribution in [0.3, 0.4) is 0 Å². The van der Waals surface area contributed by atoms with Crippen molar-refractivity contribution in [2.45, 2.75) is 51.7 Å². The van der Waals surface area contributed by atoms with Crippen LogP contribution in [0.15, 0.2) is 18.2 Å². The lowest BCUT2D eigenvalue weighted by Crippen LogP contribution is -2.45. The number of nitrogens with one attached hydrogen (secondary N) is 1.